The molecule has 6 heteroatoms. The van der Waals surface area contributed by atoms with Crippen LogP contribution in [-0.4, -0.2) is 19.6 Å². The molecule has 2 aromatic heterocycles. The molecule has 0 radical (unpaired) electrons. The van der Waals surface area contributed by atoms with Crippen molar-refractivity contribution in [2.75, 3.05) is 0 Å². The van der Waals surface area contributed by atoms with Crippen molar-refractivity contribution in [1.29, 1.82) is 0 Å². The molecule has 0 amide bonds. The third-order valence-corrected chi connectivity index (χ3v) is 8.41. The first kappa shape index (κ1) is 29.9. The van der Waals surface area contributed by atoms with Gasteiger partial charge in [-0.1, -0.05) is 132 Å². The van der Waals surface area contributed by atoms with Gasteiger partial charge < -0.3 is 4.57 Å². The lowest BCUT2D eigenvalue weighted by molar-refractivity contribution is 0.503. The van der Waals surface area contributed by atoms with Crippen LogP contribution in [0, 0.1) is 0 Å². The Hall–Kier alpha value is -2.04. The zero-order valence-corrected chi connectivity index (χ0v) is 25.3. The number of nitrogens with zero attached hydrogens (tertiary/aromatic N) is 4. The average molecular weight is 570 g/mol. The molecule has 0 unspecified atom stereocenters. The normalized spacial score (nSPS) is 11.8. The van der Waals surface area contributed by atoms with Crippen molar-refractivity contribution < 1.29 is 0 Å². The van der Waals surface area contributed by atoms with Crippen LogP contribution in [0.4, 0.5) is 0 Å². The first-order valence-electron chi connectivity index (χ1n) is 15.4. The molecule has 0 aliphatic heterocycles. The molecule has 0 spiro atoms. The SMILES string of the molecule is CCCCCCCCCCCCCCCCCCn1cc(Cn2c3ccc(Cl)cc3c3cc(Cl)ccc32)nn1. The van der Waals surface area contributed by atoms with Crippen LogP contribution in [0.3, 0.4) is 0 Å². The molecule has 0 aliphatic carbocycles. The molecule has 39 heavy (non-hydrogen) atoms. The van der Waals surface area contributed by atoms with Crippen molar-refractivity contribution in [2.45, 2.75) is 123 Å². The average Bonchev–Trinajstić information content (AvgIpc) is 3.50. The molecule has 212 valence electrons. The van der Waals surface area contributed by atoms with Gasteiger partial charge in [0.1, 0.15) is 5.69 Å². The van der Waals surface area contributed by atoms with Gasteiger partial charge in [-0.3, -0.25) is 4.68 Å². The van der Waals surface area contributed by atoms with E-state index in [1.54, 1.807) is 0 Å². The van der Waals surface area contributed by atoms with Gasteiger partial charge in [-0.25, -0.2) is 0 Å². The van der Waals surface area contributed by atoms with Gasteiger partial charge in [0.2, 0.25) is 0 Å². The van der Waals surface area contributed by atoms with Crippen LogP contribution in [-0.2, 0) is 13.1 Å². The fraction of sp³-hybridized carbons (Fsp3) is 0.576. The minimum Gasteiger partial charge on any atom is -0.334 e. The summed E-state index contributed by atoms with van der Waals surface area (Å²) in [6.07, 6.45) is 24.3. The van der Waals surface area contributed by atoms with Crippen LogP contribution in [0.5, 0.6) is 0 Å². The van der Waals surface area contributed by atoms with Crippen LogP contribution >= 0.6 is 23.2 Å². The summed E-state index contributed by atoms with van der Waals surface area (Å²) in [6.45, 7) is 3.89. The summed E-state index contributed by atoms with van der Waals surface area (Å²) in [5, 5.41) is 12.6. The maximum atomic E-state index is 6.30. The second-order valence-corrected chi connectivity index (χ2v) is 12.1. The molecule has 0 bridgehead atoms. The van der Waals surface area contributed by atoms with E-state index in [1.807, 2.05) is 28.9 Å². The minimum atomic E-state index is 0.669. The number of halogens is 2. The Morgan fingerprint density at radius 1 is 0.615 bits per heavy atom. The Bertz CT molecular complexity index is 1220. The lowest BCUT2D eigenvalue weighted by Crippen LogP contribution is -2.00. The fourth-order valence-electron chi connectivity index (χ4n) is 5.72. The van der Waals surface area contributed by atoms with Gasteiger partial charge in [-0.05, 0) is 42.8 Å². The highest BCUT2D eigenvalue weighted by atomic mass is 35.5. The largest absolute Gasteiger partial charge is 0.334 e. The summed E-state index contributed by atoms with van der Waals surface area (Å²) in [5.74, 6) is 0. The van der Waals surface area contributed by atoms with Crippen LogP contribution in [0.25, 0.3) is 21.8 Å². The second-order valence-electron chi connectivity index (χ2n) is 11.2. The highest BCUT2D eigenvalue weighted by Gasteiger charge is 2.13. The number of hydrogen-bond acceptors (Lipinski definition) is 2. The zero-order valence-electron chi connectivity index (χ0n) is 23.8. The number of rotatable bonds is 19. The van der Waals surface area contributed by atoms with E-state index >= 15 is 0 Å². The number of hydrogen-bond donors (Lipinski definition) is 0. The van der Waals surface area contributed by atoms with E-state index in [0.29, 0.717) is 6.54 Å². The minimum absolute atomic E-state index is 0.669. The smallest absolute Gasteiger partial charge is 0.102 e. The fourth-order valence-corrected chi connectivity index (χ4v) is 6.07. The second kappa shape index (κ2) is 16.3. The standard InChI is InChI=1S/C33H46Cl2N4/c1-2-3-4-5-6-7-8-9-10-11-12-13-14-15-16-17-22-38-25-29(36-37-38)26-39-32-20-18-27(34)23-30(32)31-24-28(35)19-21-33(31)39/h18-21,23-25H,2-17,22,26H2,1H3. The highest BCUT2D eigenvalue weighted by molar-refractivity contribution is 6.33. The van der Waals surface area contributed by atoms with Gasteiger partial charge in [-0.2, -0.15) is 0 Å². The molecule has 0 saturated heterocycles. The molecule has 4 nitrogen and oxygen atoms in total. The van der Waals surface area contributed by atoms with E-state index in [-0.39, 0.29) is 0 Å². The van der Waals surface area contributed by atoms with Crippen molar-refractivity contribution in [3.05, 3.63) is 58.3 Å². The van der Waals surface area contributed by atoms with Crippen LogP contribution < -0.4 is 0 Å². The predicted octanol–water partition coefficient (Wildman–Crippen LogP) is 11.0. The quantitative estimate of drug-likeness (QED) is 0.105. The van der Waals surface area contributed by atoms with Crippen molar-refractivity contribution >= 4 is 45.0 Å². The molecule has 0 N–H and O–H groups in total. The van der Waals surface area contributed by atoms with E-state index in [9.17, 15) is 0 Å². The lowest BCUT2D eigenvalue weighted by atomic mass is 10.0. The van der Waals surface area contributed by atoms with Crippen molar-refractivity contribution in [1.82, 2.24) is 19.6 Å². The van der Waals surface area contributed by atoms with Crippen LogP contribution in [0.2, 0.25) is 10.0 Å². The number of benzene rings is 2. The van der Waals surface area contributed by atoms with Gasteiger partial charge in [0, 0.05) is 38.4 Å². The summed E-state index contributed by atoms with van der Waals surface area (Å²) < 4.78 is 4.28. The first-order chi connectivity index (χ1) is 19.2. The molecule has 4 rings (SSSR count). The molecular formula is C33H46Cl2N4. The number of aromatic nitrogens is 4. The van der Waals surface area contributed by atoms with Gasteiger partial charge in [0.05, 0.1) is 12.7 Å². The van der Waals surface area contributed by atoms with E-state index in [1.165, 1.54) is 96.3 Å². The Labute approximate surface area is 245 Å². The van der Waals surface area contributed by atoms with E-state index in [0.717, 1.165) is 50.5 Å². The van der Waals surface area contributed by atoms with Gasteiger partial charge in [-0.15, -0.1) is 5.10 Å². The maximum absolute atomic E-state index is 6.30. The zero-order chi connectivity index (χ0) is 27.3. The molecule has 0 fully saturated rings. The summed E-state index contributed by atoms with van der Waals surface area (Å²) in [6, 6.07) is 12.1. The van der Waals surface area contributed by atoms with Gasteiger partial charge in [0.15, 0.2) is 0 Å². The molecule has 4 aromatic rings. The number of aryl methyl sites for hydroxylation is 1. The van der Waals surface area contributed by atoms with Crippen molar-refractivity contribution in [2.24, 2.45) is 0 Å². The molecular weight excluding hydrogens is 523 g/mol. The third-order valence-electron chi connectivity index (χ3n) is 7.94. The Morgan fingerprint density at radius 2 is 1.08 bits per heavy atom. The summed E-state index contributed by atoms with van der Waals surface area (Å²) in [7, 11) is 0. The molecule has 0 aliphatic rings. The third kappa shape index (κ3) is 9.25. The van der Waals surface area contributed by atoms with E-state index in [2.05, 4.69) is 40.1 Å². The summed E-state index contributed by atoms with van der Waals surface area (Å²) >= 11 is 12.6. The van der Waals surface area contributed by atoms with E-state index < -0.39 is 0 Å². The van der Waals surface area contributed by atoms with Crippen molar-refractivity contribution in [3.63, 3.8) is 0 Å². The molecule has 0 saturated carbocycles. The summed E-state index contributed by atoms with van der Waals surface area (Å²) in [5.41, 5.74) is 3.23. The highest BCUT2D eigenvalue weighted by Crippen LogP contribution is 2.33. The summed E-state index contributed by atoms with van der Waals surface area (Å²) in [4.78, 5) is 0. The van der Waals surface area contributed by atoms with Gasteiger partial charge >= 0.3 is 0 Å². The Kier molecular flexibility index (Phi) is 12.5. The first-order valence-corrected chi connectivity index (χ1v) is 16.2. The van der Waals surface area contributed by atoms with Crippen LogP contribution in [0.1, 0.15) is 115 Å². The van der Waals surface area contributed by atoms with E-state index in [4.69, 9.17) is 23.2 Å². The number of fused-ring (bicyclic) bond motifs is 3. The number of unbranched alkanes of at least 4 members (excludes halogenated alkanes) is 15. The molecule has 2 aromatic carbocycles. The molecule has 0 atom stereocenters. The van der Waals surface area contributed by atoms with Crippen molar-refractivity contribution in [3.8, 4) is 0 Å². The Morgan fingerprint density at radius 3 is 1.56 bits per heavy atom. The maximum Gasteiger partial charge on any atom is 0.102 e. The monoisotopic (exact) mass is 568 g/mol. The molecule has 2 heterocycles. The topological polar surface area (TPSA) is 35.6 Å². The van der Waals surface area contributed by atoms with Crippen LogP contribution in [0.15, 0.2) is 42.6 Å². The lowest BCUT2D eigenvalue weighted by Gasteiger charge is -2.05. The van der Waals surface area contributed by atoms with Gasteiger partial charge in [0.25, 0.3) is 0 Å². The predicted molar refractivity (Wildman–Crippen MR) is 168 cm³/mol. The Balaban J connectivity index is 1.11.